The Balaban J connectivity index is 1.95. The van der Waals surface area contributed by atoms with E-state index in [9.17, 15) is 0 Å². The average molecular weight is 210 g/mol. The number of nitrogens with one attached hydrogen (secondary N) is 2. The molecule has 0 aliphatic heterocycles. The fourth-order valence-corrected chi connectivity index (χ4v) is 1.08. The largest absolute Gasteiger partial charge is 0.363 e. The second-order valence-electron chi connectivity index (χ2n) is 2.65. The van der Waals surface area contributed by atoms with Crippen LogP contribution in [0.1, 0.15) is 5.82 Å². The summed E-state index contributed by atoms with van der Waals surface area (Å²) in [5, 5.41) is 10.2. The van der Waals surface area contributed by atoms with Gasteiger partial charge in [0.15, 0.2) is 0 Å². The first-order chi connectivity index (χ1) is 6.84. The summed E-state index contributed by atoms with van der Waals surface area (Å²) < 4.78 is 0. The lowest BCUT2D eigenvalue weighted by atomic mass is 10.4. The molecular weight excluding hydrogens is 202 g/mol. The molecule has 0 aromatic carbocycles. The number of H-pyrrole nitrogens is 1. The lowest BCUT2D eigenvalue weighted by Crippen LogP contribution is -2.02. The summed E-state index contributed by atoms with van der Waals surface area (Å²) in [5.41, 5.74) is 0. The van der Waals surface area contributed by atoms with Gasteiger partial charge in [0, 0.05) is 6.20 Å². The molecule has 0 spiro atoms. The van der Waals surface area contributed by atoms with Gasteiger partial charge in [-0.3, -0.25) is 5.10 Å². The molecule has 0 aliphatic rings. The number of nitrogens with zero attached hydrogens (tertiary/aromatic N) is 3. The number of rotatable bonds is 3. The molecule has 6 heteroatoms. The van der Waals surface area contributed by atoms with Gasteiger partial charge in [0.1, 0.15) is 18.0 Å². The Morgan fingerprint density at radius 1 is 1.36 bits per heavy atom. The highest BCUT2D eigenvalue weighted by atomic mass is 35.5. The van der Waals surface area contributed by atoms with Crippen molar-refractivity contribution < 1.29 is 0 Å². The van der Waals surface area contributed by atoms with Crippen LogP contribution in [-0.4, -0.2) is 20.2 Å². The third kappa shape index (κ3) is 2.20. The van der Waals surface area contributed by atoms with Gasteiger partial charge in [-0.05, 0) is 12.1 Å². The van der Waals surface area contributed by atoms with Gasteiger partial charge in [-0.15, -0.1) is 0 Å². The Hall–Kier alpha value is -1.62. The SMILES string of the molecule is Clc1ccc(NCc2ncn[nH]2)nc1. The van der Waals surface area contributed by atoms with Crippen molar-refractivity contribution in [3.05, 3.63) is 35.5 Å². The number of aromatic nitrogens is 4. The number of aromatic amines is 1. The zero-order chi connectivity index (χ0) is 9.80. The molecule has 2 N–H and O–H groups in total. The maximum absolute atomic E-state index is 5.69. The summed E-state index contributed by atoms with van der Waals surface area (Å²) in [5.74, 6) is 1.52. The van der Waals surface area contributed by atoms with Gasteiger partial charge in [-0.1, -0.05) is 11.6 Å². The minimum absolute atomic E-state index is 0.564. The van der Waals surface area contributed by atoms with E-state index in [1.165, 1.54) is 6.33 Å². The van der Waals surface area contributed by atoms with E-state index in [0.29, 0.717) is 11.6 Å². The first kappa shape index (κ1) is 8.96. The van der Waals surface area contributed by atoms with Crippen molar-refractivity contribution in [2.45, 2.75) is 6.54 Å². The maximum atomic E-state index is 5.69. The number of anilines is 1. The molecule has 2 heterocycles. The normalized spacial score (nSPS) is 10.1. The second kappa shape index (κ2) is 4.06. The first-order valence-corrected chi connectivity index (χ1v) is 4.42. The highest BCUT2D eigenvalue weighted by Crippen LogP contribution is 2.09. The molecule has 0 aliphatic carbocycles. The number of hydrogen-bond donors (Lipinski definition) is 2. The molecule has 5 nitrogen and oxygen atoms in total. The molecule has 72 valence electrons. The average Bonchev–Trinajstić information content (AvgIpc) is 2.70. The molecule has 2 aromatic rings. The van der Waals surface area contributed by atoms with Crippen LogP contribution in [0.25, 0.3) is 0 Å². The van der Waals surface area contributed by atoms with Crippen LogP contribution in [0.2, 0.25) is 5.02 Å². The molecule has 2 aromatic heterocycles. The van der Waals surface area contributed by atoms with Crippen molar-refractivity contribution in [1.29, 1.82) is 0 Å². The van der Waals surface area contributed by atoms with Crippen LogP contribution >= 0.6 is 11.6 Å². The van der Waals surface area contributed by atoms with Crippen LogP contribution in [0.5, 0.6) is 0 Å². The van der Waals surface area contributed by atoms with Crippen LogP contribution in [-0.2, 0) is 6.54 Å². The Kier molecular flexibility index (Phi) is 2.60. The number of halogens is 1. The lowest BCUT2D eigenvalue weighted by molar-refractivity contribution is 0.947. The molecular formula is C8H8ClN5. The zero-order valence-electron chi connectivity index (χ0n) is 7.24. The molecule has 0 radical (unpaired) electrons. The van der Waals surface area contributed by atoms with E-state index < -0.39 is 0 Å². The van der Waals surface area contributed by atoms with Gasteiger partial charge in [0.25, 0.3) is 0 Å². The predicted molar refractivity (Wildman–Crippen MR) is 53.0 cm³/mol. The minimum atomic E-state index is 0.564. The van der Waals surface area contributed by atoms with E-state index in [0.717, 1.165) is 11.6 Å². The van der Waals surface area contributed by atoms with Gasteiger partial charge in [0.05, 0.1) is 11.6 Å². The lowest BCUT2D eigenvalue weighted by Gasteiger charge is -2.01. The quantitative estimate of drug-likeness (QED) is 0.804. The van der Waals surface area contributed by atoms with E-state index in [-0.39, 0.29) is 0 Å². The van der Waals surface area contributed by atoms with Gasteiger partial charge in [-0.25, -0.2) is 9.97 Å². The van der Waals surface area contributed by atoms with Gasteiger partial charge < -0.3 is 5.32 Å². The third-order valence-electron chi connectivity index (χ3n) is 1.63. The van der Waals surface area contributed by atoms with Crippen LogP contribution in [0.3, 0.4) is 0 Å². The molecule has 0 amide bonds. The van der Waals surface area contributed by atoms with Gasteiger partial charge in [-0.2, -0.15) is 5.10 Å². The van der Waals surface area contributed by atoms with E-state index in [4.69, 9.17) is 11.6 Å². The summed E-state index contributed by atoms with van der Waals surface area (Å²) in [6.07, 6.45) is 3.05. The number of pyridine rings is 1. The third-order valence-corrected chi connectivity index (χ3v) is 1.85. The summed E-state index contributed by atoms with van der Waals surface area (Å²) in [6.45, 7) is 0.564. The Morgan fingerprint density at radius 3 is 2.93 bits per heavy atom. The van der Waals surface area contributed by atoms with E-state index in [2.05, 4.69) is 25.5 Å². The molecule has 0 unspecified atom stereocenters. The standard InChI is InChI=1S/C8H8ClN5/c9-6-1-2-7(10-3-6)11-4-8-12-5-13-14-8/h1-3,5H,4H2,(H,10,11)(H,12,13,14). The molecule has 0 saturated heterocycles. The molecule has 0 saturated carbocycles. The summed E-state index contributed by atoms with van der Waals surface area (Å²) in [6, 6.07) is 3.58. The Bertz CT molecular complexity index is 383. The molecule has 2 rings (SSSR count). The van der Waals surface area contributed by atoms with Crippen molar-refractivity contribution in [2.24, 2.45) is 0 Å². The maximum Gasteiger partial charge on any atom is 0.143 e. The first-order valence-electron chi connectivity index (χ1n) is 4.04. The van der Waals surface area contributed by atoms with Gasteiger partial charge >= 0.3 is 0 Å². The second-order valence-corrected chi connectivity index (χ2v) is 3.08. The summed E-state index contributed by atoms with van der Waals surface area (Å²) in [7, 11) is 0. The van der Waals surface area contributed by atoms with Crippen molar-refractivity contribution in [3.8, 4) is 0 Å². The van der Waals surface area contributed by atoms with Crippen molar-refractivity contribution in [1.82, 2.24) is 20.2 Å². The highest BCUT2D eigenvalue weighted by Gasteiger charge is 1.96. The monoisotopic (exact) mass is 209 g/mol. The van der Waals surface area contributed by atoms with Crippen molar-refractivity contribution in [2.75, 3.05) is 5.32 Å². The summed E-state index contributed by atoms with van der Waals surface area (Å²) >= 11 is 5.69. The van der Waals surface area contributed by atoms with Crippen molar-refractivity contribution in [3.63, 3.8) is 0 Å². The molecule has 14 heavy (non-hydrogen) atoms. The van der Waals surface area contributed by atoms with E-state index >= 15 is 0 Å². The Morgan fingerprint density at radius 2 is 2.29 bits per heavy atom. The smallest absolute Gasteiger partial charge is 0.143 e. The topological polar surface area (TPSA) is 66.5 Å². The fraction of sp³-hybridized carbons (Fsp3) is 0.125. The van der Waals surface area contributed by atoms with Crippen LogP contribution in [0.15, 0.2) is 24.7 Å². The van der Waals surface area contributed by atoms with Crippen LogP contribution in [0.4, 0.5) is 5.82 Å². The number of hydrogen-bond acceptors (Lipinski definition) is 4. The molecule has 0 fully saturated rings. The highest BCUT2D eigenvalue weighted by molar-refractivity contribution is 6.30. The van der Waals surface area contributed by atoms with E-state index in [1.54, 1.807) is 18.3 Å². The Labute approximate surface area is 85.5 Å². The van der Waals surface area contributed by atoms with E-state index in [1.807, 2.05) is 0 Å². The predicted octanol–water partition coefficient (Wildman–Crippen LogP) is 1.47. The molecule has 0 bridgehead atoms. The van der Waals surface area contributed by atoms with Gasteiger partial charge in [0.2, 0.25) is 0 Å². The van der Waals surface area contributed by atoms with Crippen molar-refractivity contribution >= 4 is 17.4 Å². The minimum Gasteiger partial charge on any atom is -0.363 e. The fourth-order valence-electron chi connectivity index (χ4n) is 0.971. The summed E-state index contributed by atoms with van der Waals surface area (Å²) in [4.78, 5) is 8.04. The van der Waals surface area contributed by atoms with Crippen LogP contribution < -0.4 is 5.32 Å². The van der Waals surface area contributed by atoms with Crippen LogP contribution in [0, 0.1) is 0 Å². The molecule has 0 atom stereocenters. The zero-order valence-corrected chi connectivity index (χ0v) is 7.99.